The van der Waals surface area contributed by atoms with Crippen molar-refractivity contribution in [3.8, 4) is 11.8 Å². The molecule has 2 aromatic carbocycles. The summed E-state index contributed by atoms with van der Waals surface area (Å²) in [7, 11) is 0. The zero-order chi connectivity index (χ0) is 17.1. The van der Waals surface area contributed by atoms with Crippen molar-refractivity contribution in [1.29, 1.82) is 5.26 Å². The Kier molecular flexibility index (Phi) is 4.54. The minimum absolute atomic E-state index is 0.0322. The largest absolute Gasteiger partial charge is 0.434 e. The molecule has 3 rings (SSSR count). The van der Waals surface area contributed by atoms with Crippen molar-refractivity contribution in [2.45, 2.75) is 13.5 Å². The van der Waals surface area contributed by atoms with Gasteiger partial charge in [0.2, 0.25) is 0 Å². The number of fused-ring (bicyclic) bond motifs is 1. The first-order valence-corrected chi connectivity index (χ1v) is 7.97. The summed E-state index contributed by atoms with van der Waals surface area (Å²) < 4.78 is 30.1. The van der Waals surface area contributed by atoms with E-state index >= 15 is 0 Å². The minimum atomic E-state index is -2.94. The Labute approximate surface area is 141 Å². The van der Waals surface area contributed by atoms with Crippen LogP contribution in [0.2, 0.25) is 0 Å². The number of rotatable bonds is 4. The van der Waals surface area contributed by atoms with Gasteiger partial charge in [-0.05, 0) is 29.8 Å². The number of hydrogen-bond acceptors (Lipinski definition) is 4. The summed E-state index contributed by atoms with van der Waals surface area (Å²) in [6.07, 6.45) is 1.55. The Bertz CT molecular complexity index is 957. The molecule has 0 atom stereocenters. The van der Waals surface area contributed by atoms with Crippen LogP contribution in [0.5, 0.6) is 5.75 Å². The van der Waals surface area contributed by atoms with Gasteiger partial charge in [0.15, 0.2) is 0 Å². The third-order valence-corrected chi connectivity index (χ3v) is 4.40. The van der Waals surface area contributed by atoms with E-state index in [1.165, 1.54) is 17.4 Å². The standard InChI is InChI=1S/C18H12F2N2OS/c1-11-10-24-17(22-11)13(9-21)8-15-14-5-3-2-4-12(14)6-7-16(15)23-18(19)20/h2-8,10,18H,1H3/b13-8+. The van der Waals surface area contributed by atoms with Crippen LogP contribution >= 0.6 is 11.3 Å². The van der Waals surface area contributed by atoms with Crippen LogP contribution in [0.3, 0.4) is 0 Å². The van der Waals surface area contributed by atoms with E-state index in [2.05, 4.69) is 15.8 Å². The van der Waals surface area contributed by atoms with E-state index in [-0.39, 0.29) is 5.75 Å². The van der Waals surface area contributed by atoms with Gasteiger partial charge in [0.1, 0.15) is 16.8 Å². The molecule has 0 aliphatic rings. The lowest BCUT2D eigenvalue weighted by molar-refractivity contribution is -0.0498. The molecule has 0 aliphatic heterocycles. The van der Waals surface area contributed by atoms with Gasteiger partial charge in [-0.2, -0.15) is 14.0 Å². The Balaban J connectivity index is 2.22. The quantitative estimate of drug-likeness (QED) is 0.607. The van der Waals surface area contributed by atoms with Gasteiger partial charge in [-0.3, -0.25) is 0 Å². The van der Waals surface area contributed by atoms with Crippen LogP contribution in [0.15, 0.2) is 41.8 Å². The fraction of sp³-hybridized carbons (Fsp3) is 0.111. The topological polar surface area (TPSA) is 45.9 Å². The second-order valence-corrected chi connectivity index (χ2v) is 5.90. The van der Waals surface area contributed by atoms with Gasteiger partial charge in [-0.1, -0.05) is 30.3 Å². The predicted molar refractivity (Wildman–Crippen MR) is 90.9 cm³/mol. The van der Waals surface area contributed by atoms with Crippen molar-refractivity contribution in [2.24, 2.45) is 0 Å². The van der Waals surface area contributed by atoms with E-state index in [4.69, 9.17) is 0 Å². The Morgan fingerprint density at radius 2 is 2.08 bits per heavy atom. The number of aromatic nitrogens is 1. The highest BCUT2D eigenvalue weighted by molar-refractivity contribution is 7.11. The molecular weight excluding hydrogens is 330 g/mol. The number of nitriles is 1. The van der Waals surface area contributed by atoms with Crippen LogP contribution in [-0.2, 0) is 0 Å². The van der Waals surface area contributed by atoms with Gasteiger partial charge in [0.25, 0.3) is 0 Å². The maximum Gasteiger partial charge on any atom is 0.387 e. The van der Waals surface area contributed by atoms with E-state index in [9.17, 15) is 14.0 Å². The van der Waals surface area contributed by atoms with E-state index in [1.54, 1.807) is 12.1 Å². The van der Waals surface area contributed by atoms with Crippen molar-refractivity contribution in [3.05, 3.63) is 58.0 Å². The van der Waals surface area contributed by atoms with Crippen LogP contribution in [0.4, 0.5) is 8.78 Å². The number of aryl methyl sites for hydroxylation is 1. The molecule has 0 spiro atoms. The van der Waals surface area contributed by atoms with Gasteiger partial charge in [-0.25, -0.2) is 4.98 Å². The summed E-state index contributed by atoms with van der Waals surface area (Å²) in [6.45, 7) is -1.11. The van der Waals surface area contributed by atoms with Crippen molar-refractivity contribution >= 4 is 33.8 Å². The molecule has 0 aliphatic carbocycles. The van der Waals surface area contributed by atoms with Crippen LogP contribution in [0.1, 0.15) is 16.3 Å². The Morgan fingerprint density at radius 1 is 1.29 bits per heavy atom. The predicted octanol–water partition coefficient (Wildman–Crippen LogP) is 5.27. The Hall–Kier alpha value is -2.78. The third kappa shape index (κ3) is 3.26. The van der Waals surface area contributed by atoms with Crippen LogP contribution in [0, 0.1) is 18.3 Å². The number of ether oxygens (including phenoxy) is 1. The van der Waals surface area contributed by atoms with Crippen LogP contribution in [0.25, 0.3) is 22.4 Å². The normalized spacial score (nSPS) is 11.7. The van der Waals surface area contributed by atoms with Crippen molar-refractivity contribution in [2.75, 3.05) is 0 Å². The number of alkyl halides is 2. The Morgan fingerprint density at radius 3 is 2.75 bits per heavy atom. The second kappa shape index (κ2) is 6.77. The van der Waals surface area contributed by atoms with Crippen LogP contribution in [-0.4, -0.2) is 11.6 Å². The highest BCUT2D eigenvalue weighted by Gasteiger charge is 2.14. The molecule has 0 saturated carbocycles. The maximum atomic E-state index is 12.7. The lowest BCUT2D eigenvalue weighted by Crippen LogP contribution is -2.03. The fourth-order valence-electron chi connectivity index (χ4n) is 2.39. The first-order chi connectivity index (χ1) is 11.6. The molecule has 6 heteroatoms. The molecule has 24 heavy (non-hydrogen) atoms. The zero-order valence-corrected chi connectivity index (χ0v) is 13.5. The monoisotopic (exact) mass is 342 g/mol. The molecule has 0 radical (unpaired) electrons. The van der Waals surface area contributed by atoms with Crippen molar-refractivity contribution in [3.63, 3.8) is 0 Å². The molecule has 0 fully saturated rings. The first-order valence-electron chi connectivity index (χ1n) is 7.09. The fourth-order valence-corrected chi connectivity index (χ4v) is 3.15. The average molecular weight is 342 g/mol. The van der Waals surface area contributed by atoms with E-state index in [0.717, 1.165) is 16.5 Å². The SMILES string of the molecule is Cc1csc(/C(C#N)=C/c2c(OC(F)F)ccc3ccccc23)n1. The number of thiazole rings is 1. The summed E-state index contributed by atoms with van der Waals surface area (Å²) in [5.41, 5.74) is 1.56. The summed E-state index contributed by atoms with van der Waals surface area (Å²) in [5.74, 6) is 0.0322. The zero-order valence-electron chi connectivity index (χ0n) is 12.7. The van der Waals surface area contributed by atoms with Gasteiger partial charge in [-0.15, -0.1) is 11.3 Å². The molecule has 0 N–H and O–H groups in total. The third-order valence-electron chi connectivity index (χ3n) is 3.41. The van der Waals surface area contributed by atoms with E-state index in [1.807, 2.05) is 36.6 Å². The van der Waals surface area contributed by atoms with Gasteiger partial charge >= 0.3 is 6.61 Å². The van der Waals surface area contributed by atoms with Crippen LogP contribution < -0.4 is 4.74 Å². The molecule has 0 amide bonds. The highest BCUT2D eigenvalue weighted by atomic mass is 32.1. The second-order valence-electron chi connectivity index (χ2n) is 5.04. The molecule has 1 aromatic heterocycles. The summed E-state index contributed by atoms with van der Waals surface area (Å²) in [4.78, 5) is 4.29. The number of hydrogen-bond donors (Lipinski definition) is 0. The molecular formula is C18H12F2N2OS. The maximum absolute atomic E-state index is 12.7. The molecule has 0 unspecified atom stereocenters. The van der Waals surface area contributed by atoms with E-state index < -0.39 is 6.61 Å². The number of nitrogens with zero attached hydrogens (tertiary/aromatic N) is 2. The average Bonchev–Trinajstić information content (AvgIpc) is 2.99. The highest BCUT2D eigenvalue weighted by Crippen LogP contribution is 2.33. The van der Waals surface area contributed by atoms with Gasteiger partial charge in [0.05, 0.1) is 5.57 Å². The minimum Gasteiger partial charge on any atom is -0.434 e. The first kappa shape index (κ1) is 16.1. The molecule has 3 aromatic rings. The van der Waals surface area contributed by atoms with Crippen molar-refractivity contribution in [1.82, 2.24) is 4.98 Å². The lowest BCUT2D eigenvalue weighted by atomic mass is 10.0. The molecule has 3 nitrogen and oxygen atoms in total. The summed E-state index contributed by atoms with van der Waals surface area (Å²) >= 11 is 1.34. The molecule has 0 saturated heterocycles. The molecule has 0 bridgehead atoms. The van der Waals surface area contributed by atoms with Crippen molar-refractivity contribution < 1.29 is 13.5 Å². The van der Waals surface area contributed by atoms with Gasteiger partial charge in [0, 0.05) is 16.6 Å². The summed E-state index contributed by atoms with van der Waals surface area (Å²) in [5, 5.41) is 13.4. The van der Waals surface area contributed by atoms with E-state index in [0.29, 0.717) is 16.1 Å². The summed E-state index contributed by atoms with van der Waals surface area (Å²) in [6, 6.07) is 12.6. The van der Waals surface area contributed by atoms with Gasteiger partial charge < -0.3 is 4.74 Å². The molecule has 1 heterocycles. The number of benzene rings is 2. The number of halogens is 2. The molecule has 120 valence electrons. The number of allylic oxidation sites excluding steroid dienone is 1. The lowest BCUT2D eigenvalue weighted by Gasteiger charge is -2.11. The smallest absolute Gasteiger partial charge is 0.387 e.